The van der Waals surface area contributed by atoms with E-state index in [-0.39, 0.29) is 12.0 Å². The molecule has 0 bridgehead atoms. The lowest BCUT2D eigenvalue weighted by molar-refractivity contribution is 0.0492. The highest BCUT2D eigenvalue weighted by Gasteiger charge is 2.13. The minimum Gasteiger partial charge on any atom is -0.464 e. The van der Waals surface area contributed by atoms with E-state index in [2.05, 4.69) is 25.8 Å². The lowest BCUT2D eigenvalue weighted by Gasteiger charge is -2.26. The van der Waals surface area contributed by atoms with Crippen LogP contribution in [-0.4, -0.2) is 52.9 Å². The molecule has 9 nitrogen and oxygen atoms in total. The molecular formula is C9H17N7O2. The molecule has 1 fully saturated rings. The van der Waals surface area contributed by atoms with Gasteiger partial charge in [0.05, 0.1) is 19.8 Å². The second-order valence-electron chi connectivity index (χ2n) is 3.55. The highest BCUT2D eigenvalue weighted by Crippen LogP contribution is 2.11. The predicted molar refractivity (Wildman–Crippen MR) is 64.8 cm³/mol. The standard InChI is InChI=1S/C9H17N7O2/c1-2-18-9-12-7(14-10)11-8(13-9)15-16-3-5-17-6-4-16/h2-6,10H2,1H3,(H2,11,12,13,14,15). The highest BCUT2D eigenvalue weighted by molar-refractivity contribution is 5.34. The molecule has 1 aliphatic rings. The van der Waals surface area contributed by atoms with Gasteiger partial charge in [0.15, 0.2) is 0 Å². The van der Waals surface area contributed by atoms with Crippen LogP contribution in [0, 0.1) is 0 Å². The molecule has 0 spiro atoms. The van der Waals surface area contributed by atoms with Gasteiger partial charge in [-0.25, -0.2) is 10.9 Å². The number of morpholine rings is 1. The largest absolute Gasteiger partial charge is 0.464 e. The Morgan fingerprint density at radius 2 is 2.00 bits per heavy atom. The lowest BCUT2D eigenvalue weighted by atomic mass is 10.5. The van der Waals surface area contributed by atoms with Crippen molar-refractivity contribution >= 4 is 11.9 Å². The fourth-order valence-corrected chi connectivity index (χ4v) is 1.48. The molecule has 0 saturated carbocycles. The summed E-state index contributed by atoms with van der Waals surface area (Å²) in [7, 11) is 0. The predicted octanol–water partition coefficient (Wildman–Crippen LogP) is -0.785. The first-order chi connectivity index (χ1) is 8.81. The van der Waals surface area contributed by atoms with Crippen LogP contribution >= 0.6 is 0 Å². The Morgan fingerprint density at radius 1 is 1.28 bits per heavy atom. The molecule has 0 atom stereocenters. The number of aromatic nitrogens is 3. The van der Waals surface area contributed by atoms with Gasteiger partial charge in [-0.05, 0) is 6.92 Å². The molecule has 0 radical (unpaired) electrons. The van der Waals surface area contributed by atoms with Crippen molar-refractivity contribution in [3.63, 3.8) is 0 Å². The van der Waals surface area contributed by atoms with Crippen molar-refractivity contribution in [1.29, 1.82) is 0 Å². The van der Waals surface area contributed by atoms with Gasteiger partial charge in [0.25, 0.3) is 0 Å². The second-order valence-corrected chi connectivity index (χ2v) is 3.55. The second kappa shape index (κ2) is 6.28. The molecular weight excluding hydrogens is 238 g/mol. The van der Waals surface area contributed by atoms with Crippen molar-refractivity contribution in [3.8, 4) is 6.01 Å². The van der Waals surface area contributed by atoms with Crippen LogP contribution in [0.3, 0.4) is 0 Å². The lowest BCUT2D eigenvalue weighted by Crippen LogP contribution is -2.40. The van der Waals surface area contributed by atoms with Crippen LogP contribution < -0.4 is 21.4 Å². The number of ether oxygens (including phenoxy) is 2. The van der Waals surface area contributed by atoms with Gasteiger partial charge in [-0.2, -0.15) is 15.0 Å². The highest BCUT2D eigenvalue weighted by atomic mass is 16.5. The van der Waals surface area contributed by atoms with E-state index in [0.717, 1.165) is 13.1 Å². The van der Waals surface area contributed by atoms with E-state index in [4.69, 9.17) is 15.3 Å². The van der Waals surface area contributed by atoms with Gasteiger partial charge in [-0.1, -0.05) is 0 Å². The Bertz CT molecular complexity index is 383. The monoisotopic (exact) mass is 255 g/mol. The van der Waals surface area contributed by atoms with Gasteiger partial charge in [-0.15, -0.1) is 0 Å². The quantitative estimate of drug-likeness (QED) is 0.460. The Labute approximate surface area is 105 Å². The zero-order valence-corrected chi connectivity index (χ0v) is 10.2. The number of nitrogens with one attached hydrogen (secondary N) is 2. The van der Waals surface area contributed by atoms with Crippen molar-refractivity contribution in [3.05, 3.63) is 0 Å². The Hall–Kier alpha value is -1.71. The van der Waals surface area contributed by atoms with Crippen LogP contribution in [0.15, 0.2) is 0 Å². The number of anilines is 2. The minimum atomic E-state index is 0.233. The molecule has 100 valence electrons. The van der Waals surface area contributed by atoms with Gasteiger partial charge < -0.3 is 9.47 Å². The fourth-order valence-electron chi connectivity index (χ4n) is 1.48. The maximum Gasteiger partial charge on any atom is 0.323 e. The molecule has 1 aromatic rings. The van der Waals surface area contributed by atoms with Crippen LogP contribution in [0.4, 0.5) is 11.9 Å². The SMILES string of the molecule is CCOc1nc(NN)nc(NN2CCOCC2)n1. The van der Waals surface area contributed by atoms with Gasteiger partial charge in [0, 0.05) is 13.1 Å². The number of nitrogens with zero attached hydrogens (tertiary/aromatic N) is 4. The zero-order chi connectivity index (χ0) is 12.8. The summed E-state index contributed by atoms with van der Waals surface area (Å²) >= 11 is 0. The number of nitrogens with two attached hydrogens (primary N) is 1. The average molecular weight is 255 g/mol. The van der Waals surface area contributed by atoms with Gasteiger partial charge in [0.2, 0.25) is 11.9 Å². The van der Waals surface area contributed by atoms with Crippen molar-refractivity contribution in [2.45, 2.75) is 6.92 Å². The molecule has 1 saturated heterocycles. The summed E-state index contributed by atoms with van der Waals surface area (Å²) in [6, 6.07) is 0.233. The first-order valence-electron chi connectivity index (χ1n) is 5.76. The molecule has 4 N–H and O–H groups in total. The molecule has 2 heterocycles. The van der Waals surface area contributed by atoms with E-state index in [1.54, 1.807) is 0 Å². The summed E-state index contributed by atoms with van der Waals surface area (Å²) in [5.74, 6) is 5.94. The molecule has 2 rings (SSSR count). The molecule has 1 aromatic heterocycles. The first kappa shape index (κ1) is 12.7. The topological polar surface area (TPSA) is 110 Å². The van der Waals surface area contributed by atoms with E-state index in [1.165, 1.54) is 0 Å². The molecule has 0 aromatic carbocycles. The van der Waals surface area contributed by atoms with Gasteiger partial charge >= 0.3 is 6.01 Å². The minimum absolute atomic E-state index is 0.233. The number of nitrogen functional groups attached to an aromatic ring is 1. The van der Waals surface area contributed by atoms with Crippen molar-refractivity contribution in [1.82, 2.24) is 20.0 Å². The van der Waals surface area contributed by atoms with E-state index in [9.17, 15) is 0 Å². The number of rotatable bonds is 5. The summed E-state index contributed by atoms with van der Waals surface area (Å²) in [5, 5.41) is 1.97. The Balaban J connectivity index is 2.07. The van der Waals surface area contributed by atoms with Crippen LogP contribution in [0.25, 0.3) is 0 Å². The van der Waals surface area contributed by atoms with Crippen molar-refractivity contribution in [2.75, 3.05) is 43.8 Å². The average Bonchev–Trinajstić information content (AvgIpc) is 2.40. The molecule has 0 aliphatic carbocycles. The molecule has 1 aliphatic heterocycles. The number of hydrogen-bond donors (Lipinski definition) is 3. The fraction of sp³-hybridized carbons (Fsp3) is 0.667. The smallest absolute Gasteiger partial charge is 0.323 e. The van der Waals surface area contributed by atoms with E-state index in [0.29, 0.717) is 25.8 Å². The number of hydrazine groups is 2. The number of hydrogen-bond acceptors (Lipinski definition) is 9. The third-order valence-corrected chi connectivity index (χ3v) is 2.29. The summed E-state index contributed by atoms with van der Waals surface area (Å²) in [6.07, 6.45) is 0. The third kappa shape index (κ3) is 3.39. The summed E-state index contributed by atoms with van der Waals surface area (Å²) in [5.41, 5.74) is 5.45. The van der Waals surface area contributed by atoms with Gasteiger partial charge in [-0.3, -0.25) is 10.9 Å². The van der Waals surface area contributed by atoms with Crippen LogP contribution in [-0.2, 0) is 4.74 Å². The summed E-state index contributed by atoms with van der Waals surface area (Å²) in [4.78, 5) is 12.2. The van der Waals surface area contributed by atoms with Crippen LogP contribution in [0.5, 0.6) is 6.01 Å². The van der Waals surface area contributed by atoms with E-state index < -0.39 is 0 Å². The third-order valence-electron chi connectivity index (χ3n) is 2.29. The molecule has 0 amide bonds. The molecule has 9 heteroatoms. The molecule has 18 heavy (non-hydrogen) atoms. The Kier molecular flexibility index (Phi) is 4.45. The van der Waals surface area contributed by atoms with E-state index in [1.807, 2.05) is 11.9 Å². The van der Waals surface area contributed by atoms with Gasteiger partial charge in [0.1, 0.15) is 0 Å². The Morgan fingerprint density at radius 3 is 2.67 bits per heavy atom. The maximum absolute atomic E-state index is 5.30. The summed E-state index contributed by atoms with van der Waals surface area (Å²) in [6.45, 7) is 5.22. The normalized spacial score (nSPS) is 16.3. The maximum atomic E-state index is 5.30. The zero-order valence-electron chi connectivity index (χ0n) is 10.2. The van der Waals surface area contributed by atoms with E-state index >= 15 is 0 Å². The van der Waals surface area contributed by atoms with Crippen molar-refractivity contribution < 1.29 is 9.47 Å². The first-order valence-corrected chi connectivity index (χ1v) is 5.76. The summed E-state index contributed by atoms with van der Waals surface area (Å²) < 4.78 is 10.5. The molecule has 0 unspecified atom stereocenters. The van der Waals surface area contributed by atoms with Crippen molar-refractivity contribution in [2.24, 2.45) is 5.84 Å². The van der Waals surface area contributed by atoms with Crippen LogP contribution in [0.1, 0.15) is 6.92 Å². The van der Waals surface area contributed by atoms with Crippen LogP contribution in [0.2, 0.25) is 0 Å².